The van der Waals surface area contributed by atoms with Gasteiger partial charge in [-0.15, -0.1) is 0 Å². The zero-order chi connectivity index (χ0) is 21.9. The Bertz CT molecular complexity index is 717. The summed E-state index contributed by atoms with van der Waals surface area (Å²) in [4.78, 5) is 41.2. The first-order chi connectivity index (χ1) is 15.1. The van der Waals surface area contributed by atoms with Gasteiger partial charge in [-0.1, -0.05) is 43.2 Å². The molecule has 0 saturated carbocycles. The van der Waals surface area contributed by atoms with E-state index in [2.05, 4.69) is 5.32 Å². The lowest BCUT2D eigenvalue weighted by molar-refractivity contribution is -0.143. The third-order valence-corrected chi connectivity index (χ3v) is 6.13. The van der Waals surface area contributed by atoms with Gasteiger partial charge in [0, 0.05) is 45.1 Å². The summed E-state index contributed by atoms with van der Waals surface area (Å²) < 4.78 is 5.57. The lowest BCUT2D eigenvalue weighted by Gasteiger charge is -2.34. The first-order valence-corrected chi connectivity index (χ1v) is 11.6. The van der Waals surface area contributed by atoms with Crippen molar-refractivity contribution in [1.82, 2.24) is 15.1 Å². The third-order valence-electron chi connectivity index (χ3n) is 6.13. The Morgan fingerprint density at radius 2 is 1.68 bits per heavy atom. The Hall–Kier alpha value is -2.41. The summed E-state index contributed by atoms with van der Waals surface area (Å²) in [6.07, 6.45) is 5.85. The van der Waals surface area contributed by atoms with Crippen LogP contribution in [0.5, 0.6) is 0 Å². The minimum Gasteiger partial charge on any atom is -0.367 e. The highest BCUT2D eigenvalue weighted by molar-refractivity contribution is 5.81. The van der Waals surface area contributed by atoms with E-state index in [0.29, 0.717) is 45.5 Å². The van der Waals surface area contributed by atoms with Crippen LogP contribution in [0.1, 0.15) is 50.5 Å². The van der Waals surface area contributed by atoms with Crippen LogP contribution in [0.15, 0.2) is 30.3 Å². The fraction of sp³-hybridized carbons (Fsp3) is 0.625. The highest BCUT2D eigenvalue weighted by atomic mass is 16.5. The summed E-state index contributed by atoms with van der Waals surface area (Å²) in [5.41, 5.74) is 1.05. The van der Waals surface area contributed by atoms with Gasteiger partial charge in [-0.05, 0) is 31.2 Å². The lowest BCUT2D eigenvalue weighted by atomic mass is 9.95. The third kappa shape index (κ3) is 7.65. The molecule has 0 aromatic heterocycles. The first-order valence-electron chi connectivity index (χ1n) is 11.6. The fourth-order valence-corrected chi connectivity index (χ4v) is 4.22. The van der Waals surface area contributed by atoms with E-state index in [1.54, 1.807) is 4.90 Å². The zero-order valence-electron chi connectivity index (χ0n) is 18.4. The van der Waals surface area contributed by atoms with Gasteiger partial charge in [0.1, 0.15) is 6.61 Å². The standard InChI is InChI=1S/C24H35N3O4/c28-22-12-17-27(14-7-2-1-6-13-25-22)24(30)21-10-15-26(16-11-21)23(29)19-31-18-20-8-4-3-5-9-20/h3-5,8-9,21H,1-2,6-7,10-19H2,(H,25,28). The summed E-state index contributed by atoms with van der Waals surface area (Å²) >= 11 is 0. The number of rotatable bonds is 5. The maximum Gasteiger partial charge on any atom is 0.248 e. The monoisotopic (exact) mass is 429 g/mol. The molecule has 2 saturated heterocycles. The van der Waals surface area contributed by atoms with Gasteiger partial charge in [-0.3, -0.25) is 14.4 Å². The number of likely N-dealkylation sites (tertiary alicyclic amines) is 1. The van der Waals surface area contributed by atoms with Crippen LogP contribution in [0.2, 0.25) is 0 Å². The number of nitrogens with one attached hydrogen (secondary N) is 1. The predicted molar refractivity (Wildman–Crippen MR) is 118 cm³/mol. The van der Waals surface area contributed by atoms with Crippen molar-refractivity contribution in [1.29, 1.82) is 0 Å². The molecule has 2 fully saturated rings. The molecule has 0 bridgehead atoms. The van der Waals surface area contributed by atoms with Crippen LogP contribution in [-0.2, 0) is 25.7 Å². The number of nitrogens with zero attached hydrogens (tertiary/aromatic N) is 2. The zero-order valence-corrected chi connectivity index (χ0v) is 18.4. The average molecular weight is 430 g/mol. The van der Waals surface area contributed by atoms with Gasteiger partial charge in [0.25, 0.3) is 0 Å². The van der Waals surface area contributed by atoms with Crippen molar-refractivity contribution in [2.45, 2.75) is 51.6 Å². The molecule has 0 atom stereocenters. The van der Waals surface area contributed by atoms with Crippen LogP contribution in [0.3, 0.4) is 0 Å². The Morgan fingerprint density at radius 1 is 0.935 bits per heavy atom. The minimum atomic E-state index is -0.0672. The van der Waals surface area contributed by atoms with Crippen LogP contribution >= 0.6 is 0 Å². The van der Waals surface area contributed by atoms with Crippen LogP contribution < -0.4 is 5.32 Å². The number of carbonyl (C=O) groups excluding carboxylic acids is 3. The summed E-state index contributed by atoms with van der Waals surface area (Å²) in [7, 11) is 0. The number of benzene rings is 1. The molecule has 1 aromatic rings. The highest BCUT2D eigenvalue weighted by Crippen LogP contribution is 2.21. The Balaban J connectivity index is 1.42. The second-order valence-electron chi connectivity index (χ2n) is 8.47. The normalized spacial score (nSPS) is 19.4. The molecule has 7 nitrogen and oxygen atoms in total. The molecule has 1 N–H and O–H groups in total. The average Bonchev–Trinajstić information content (AvgIpc) is 2.85. The van der Waals surface area contributed by atoms with Crippen molar-refractivity contribution in [3.05, 3.63) is 35.9 Å². The molecular formula is C24H35N3O4. The molecule has 0 spiro atoms. The number of hydrogen-bond donors (Lipinski definition) is 1. The van der Waals surface area contributed by atoms with Crippen molar-refractivity contribution in [2.24, 2.45) is 5.92 Å². The summed E-state index contributed by atoms with van der Waals surface area (Å²) in [5.74, 6) is 0.0753. The van der Waals surface area contributed by atoms with Crippen molar-refractivity contribution in [3.8, 4) is 0 Å². The summed E-state index contributed by atoms with van der Waals surface area (Å²) in [5, 5.41) is 2.93. The maximum atomic E-state index is 13.1. The molecule has 2 aliphatic heterocycles. The van der Waals surface area contributed by atoms with Gasteiger partial charge < -0.3 is 19.9 Å². The first kappa shape index (κ1) is 23.3. The van der Waals surface area contributed by atoms with Crippen LogP contribution in [0, 0.1) is 5.92 Å². The molecule has 1 aromatic carbocycles. The maximum absolute atomic E-state index is 13.1. The SMILES string of the molecule is O=C1CCN(C(=O)C2CCN(C(=O)COCc3ccccc3)CC2)CCCCCCN1. The van der Waals surface area contributed by atoms with Gasteiger partial charge in [-0.25, -0.2) is 0 Å². The Morgan fingerprint density at radius 3 is 2.45 bits per heavy atom. The van der Waals surface area contributed by atoms with E-state index in [4.69, 9.17) is 4.74 Å². The van der Waals surface area contributed by atoms with Crippen molar-refractivity contribution < 1.29 is 19.1 Å². The molecule has 0 radical (unpaired) electrons. The second kappa shape index (κ2) is 12.4. The smallest absolute Gasteiger partial charge is 0.248 e. The highest BCUT2D eigenvalue weighted by Gasteiger charge is 2.30. The molecule has 2 heterocycles. The number of carbonyl (C=O) groups is 3. The molecule has 31 heavy (non-hydrogen) atoms. The van der Waals surface area contributed by atoms with E-state index < -0.39 is 0 Å². The Labute approximate surface area is 185 Å². The second-order valence-corrected chi connectivity index (χ2v) is 8.47. The number of ether oxygens (including phenoxy) is 1. The van der Waals surface area contributed by atoms with Crippen molar-refractivity contribution in [2.75, 3.05) is 39.3 Å². The van der Waals surface area contributed by atoms with E-state index >= 15 is 0 Å². The number of piperidine rings is 1. The molecule has 170 valence electrons. The summed E-state index contributed by atoms with van der Waals surface area (Å²) in [6.45, 7) is 3.58. The number of hydrogen-bond acceptors (Lipinski definition) is 4. The molecule has 3 amide bonds. The number of amides is 3. The van der Waals surface area contributed by atoms with E-state index in [0.717, 1.165) is 44.3 Å². The van der Waals surface area contributed by atoms with Gasteiger partial charge in [0.05, 0.1) is 6.61 Å². The van der Waals surface area contributed by atoms with Crippen LogP contribution in [0.25, 0.3) is 0 Å². The van der Waals surface area contributed by atoms with Crippen molar-refractivity contribution >= 4 is 17.7 Å². The van der Waals surface area contributed by atoms with Crippen molar-refractivity contribution in [3.63, 3.8) is 0 Å². The van der Waals surface area contributed by atoms with Crippen LogP contribution in [-0.4, -0.2) is 66.9 Å². The molecule has 3 rings (SSSR count). The van der Waals surface area contributed by atoms with Gasteiger partial charge in [0.2, 0.25) is 17.7 Å². The van der Waals surface area contributed by atoms with Gasteiger partial charge in [0.15, 0.2) is 0 Å². The molecule has 2 aliphatic rings. The molecule has 7 heteroatoms. The predicted octanol–water partition coefficient (Wildman–Crippen LogP) is 2.35. The molecule has 0 unspecified atom stereocenters. The topological polar surface area (TPSA) is 79.0 Å². The largest absolute Gasteiger partial charge is 0.367 e. The van der Waals surface area contributed by atoms with Gasteiger partial charge in [-0.2, -0.15) is 0 Å². The quantitative estimate of drug-likeness (QED) is 0.779. The van der Waals surface area contributed by atoms with E-state index in [-0.39, 0.29) is 30.2 Å². The van der Waals surface area contributed by atoms with E-state index in [9.17, 15) is 14.4 Å². The molecule has 0 aliphatic carbocycles. The van der Waals surface area contributed by atoms with Crippen LogP contribution in [0.4, 0.5) is 0 Å². The molecular weight excluding hydrogens is 394 g/mol. The lowest BCUT2D eigenvalue weighted by Crippen LogP contribution is -2.46. The fourth-order valence-electron chi connectivity index (χ4n) is 4.22. The minimum absolute atomic E-state index is 0.0197. The van der Waals surface area contributed by atoms with E-state index in [1.165, 1.54) is 0 Å². The Kier molecular flexibility index (Phi) is 9.34. The summed E-state index contributed by atoms with van der Waals surface area (Å²) in [6, 6.07) is 9.80. The van der Waals surface area contributed by atoms with E-state index in [1.807, 2.05) is 35.2 Å². The van der Waals surface area contributed by atoms with Gasteiger partial charge >= 0.3 is 0 Å².